The summed E-state index contributed by atoms with van der Waals surface area (Å²) in [5.41, 5.74) is 8.41. The van der Waals surface area contributed by atoms with E-state index in [2.05, 4.69) is 46.2 Å². The topological polar surface area (TPSA) is 295 Å². The number of carbonyl (C=O) groups excluding carboxylic acids is 3. The number of rotatable bonds is 48. The van der Waals surface area contributed by atoms with Gasteiger partial charge in [-0.3, -0.25) is 0 Å². The van der Waals surface area contributed by atoms with Crippen LogP contribution in [0.2, 0.25) is 30.1 Å². The van der Waals surface area contributed by atoms with Gasteiger partial charge in [-0.25, -0.2) is 39.6 Å². The molecule has 0 spiro atoms. The predicted octanol–water partition coefficient (Wildman–Crippen LogP) is 10.4. The molecule has 9 rings (SSSR count). The molecule has 0 fully saturated rings. The fourth-order valence-corrected chi connectivity index (χ4v) is 19.8. The number of halogens is 6. The molecular weight excluding hydrogens is 1720 g/mol. The second kappa shape index (κ2) is 47.9. The van der Waals surface area contributed by atoms with Crippen LogP contribution in [0.4, 0.5) is 14.4 Å². The third-order valence-corrected chi connectivity index (χ3v) is 28.2. The highest BCUT2D eigenvalue weighted by atomic mass is 35.5. The number of amides is 6. The third-order valence-electron chi connectivity index (χ3n) is 20.9. The number of fused-ring (bicyclic) bond motifs is 3. The summed E-state index contributed by atoms with van der Waals surface area (Å²) in [6, 6.07) is 30.8. The van der Waals surface area contributed by atoms with Crippen LogP contribution < -0.4 is 26.6 Å². The minimum absolute atomic E-state index is 0.116. The van der Waals surface area contributed by atoms with E-state index >= 15 is 0 Å². The molecular formula is C82H113Cl6N13O15S3. The number of nitrogens with one attached hydrogen (secondary N) is 5. The van der Waals surface area contributed by atoms with Crippen LogP contribution in [-0.2, 0) is 78.1 Å². The van der Waals surface area contributed by atoms with E-state index in [1.807, 2.05) is 57.5 Å². The number of carbonyl (C=O) groups is 3. The van der Waals surface area contributed by atoms with Gasteiger partial charge in [0.1, 0.15) is 0 Å². The fraction of sp³-hybridized carbons (Fsp3) is 0.524. The van der Waals surface area contributed by atoms with Crippen LogP contribution in [0.25, 0.3) is 0 Å². The van der Waals surface area contributed by atoms with E-state index in [0.717, 1.165) is 50.1 Å². The first-order valence-electron chi connectivity index (χ1n) is 39.8. The van der Waals surface area contributed by atoms with Gasteiger partial charge >= 0.3 is 18.1 Å². The summed E-state index contributed by atoms with van der Waals surface area (Å²) in [6.45, 7) is 10.5. The predicted molar refractivity (Wildman–Crippen MR) is 467 cm³/mol. The van der Waals surface area contributed by atoms with Gasteiger partial charge in [0.15, 0.2) is 0 Å². The van der Waals surface area contributed by atoms with E-state index in [1.54, 1.807) is 84.7 Å². The second-order valence-corrected chi connectivity index (χ2v) is 38.6. The maximum Gasteiger partial charge on any atom is 0.317 e. The Hall–Kier alpha value is -5.80. The zero-order chi connectivity index (χ0) is 85.8. The van der Waals surface area contributed by atoms with Crippen molar-refractivity contribution < 1.29 is 68.1 Å². The van der Waals surface area contributed by atoms with Gasteiger partial charge in [-0.1, -0.05) is 106 Å². The smallest absolute Gasteiger partial charge is 0.317 e. The first kappa shape index (κ1) is 97.0. The highest BCUT2D eigenvalue weighted by molar-refractivity contribution is 7.89. The van der Waals surface area contributed by atoms with Crippen molar-refractivity contribution in [1.82, 2.24) is 64.0 Å². The van der Waals surface area contributed by atoms with Crippen LogP contribution in [0.15, 0.2) is 124 Å². The molecule has 3 aliphatic heterocycles. The van der Waals surface area contributed by atoms with Gasteiger partial charge in [0.2, 0.25) is 30.1 Å². The monoisotopic (exact) mass is 1830 g/mol. The van der Waals surface area contributed by atoms with Gasteiger partial charge in [-0.2, -0.15) is 12.9 Å². The molecule has 0 bridgehead atoms. The van der Waals surface area contributed by atoms with Gasteiger partial charge in [0.25, 0.3) is 0 Å². The van der Waals surface area contributed by atoms with Crippen molar-refractivity contribution in [2.24, 2.45) is 0 Å². The van der Waals surface area contributed by atoms with Crippen molar-refractivity contribution in [3.05, 3.63) is 189 Å². The molecule has 0 unspecified atom stereocenters. The minimum atomic E-state index is -3.85. The number of likely N-dealkylation sites (N-methyl/N-ethyl adjacent to an activating group) is 6. The fourth-order valence-electron chi connectivity index (χ4n) is 14.5. The van der Waals surface area contributed by atoms with Crippen molar-refractivity contribution in [2.75, 3.05) is 227 Å². The molecule has 0 radical (unpaired) electrons. The summed E-state index contributed by atoms with van der Waals surface area (Å²) in [4.78, 5) is 49.5. The Balaban J connectivity index is 0.634. The Morgan fingerprint density at radius 2 is 0.664 bits per heavy atom. The van der Waals surface area contributed by atoms with Crippen LogP contribution in [0.1, 0.15) is 87.1 Å². The standard InChI is InChI=1S/C82H113Cl6N13O15S3/c1-94-53-71(68-47-62(83)50-77(86)74(68)56-94)59-14-8-17-65(44-59)117(105,106)98(5)29-35-114-41-38-111-32-22-91-80(102)89-20-11-26-101(27-12-21-90-81(103)92-23-33-112-39-42-115-36-30-99(6)118(107,108)66-18-9-15-60(45-66)72-54-95(2)57-75-69(72)48-63(84)51-78(75)87)28-13-25-97(4)82(104)93-24-34-113-40-43-116-37-31-100(7)119(109,110)67-19-10-16-61(46-67)73-55-96(3)58-76-70(73)49-64(85)52-79(76)88/h8-10,14-19,44-52,71-73H,11-13,20-43,53-58H2,1-7H3,(H,93,104)(H2,89,91,102)(H2,90,92,103)/t71-,72-,73-/m0/s1. The first-order valence-corrected chi connectivity index (χ1v) is 46.4. The highest BCUT2D eigenvalue weighted by Gasteiger charge is 2.34. The lowest BCUT2D eigenvalue weighted by Gasteiger charge is -2.33. The summed E-state index contributed by atoms with van der Waals surface area (Å²) in [5, 5.41) is 17.6. The lowest BCUT2D eigenvalue weighted by molar-refractivity contribution is 0.0468. The summed E-state index contributed by atoms with van der Waals surface area (Å²) < 4.78 is 120. The average molecular weight is 1830 g/mol. The van der Waals surface area contributed by atoms with Crippen LogP contribution in [0.3, 0.4) is 0 Å². The molecule has 6 aromatic rings. The molecule has 5 N–H and O–H groups in total. The minimum Gasteiger partial charge on any atom is -0.378 e. The Kier molecular flexibility index (Phi) is 39.0. The molecule has 3 atom stereocenters. The quantitative estimate of drug-likeness (QED) is 0.0222. The van der Waals surface area contributed by atoms with Gasteiger partial charge in [-0.15, -0.1) is 0 Å². The van der Waals surface area contributed by atoms with Gasteiger partial charge in [0.05, 0.1) is 94.0 Å². The van der Waals surface area contributed by atoms with Crippen molar-refractivity contribution in [3.63, 3.8) is 0 Å². The molecule has 119 heavy (non-hydrogen) atoms. The largest absolute Gasteiger partial charge is 0.378 e. The zero-order valence-electron chi connectivity index (χ0n) is 68.7. The maximum atomic E-state index is 13.7. The van der Waals surface area contributed by atoms with E-state index < -0.39 is 30.1 Å². The second-order valence-electron chi connectivity index (χ2n) is 29.9. The van der Waals surface area contributed by atoms with Crippen molar-refractivity contribution in [3.8, 4) is 0 Å². The number of hydrogen-bond acceptors (Lipinski definition) is 19. The first-order chi connectivity index (χ1) is 56.9. The average Bonchev–Trinajstić information content (AvgIpc) is 0.778. The number of ether oxygens (including phenoxy) is 6. The summed E-state index contributed by atoms with van der Waals surface area (Å²) in [6.07, 6.45) is 1.85. The van der Waals surface area contributed by atoms with Crippen molar-refractivity contribution >= 4 is 118 Å². The summed E-state index contributed by atoms with van der Waals surface area (Å²) >= 11 is 39.0. The Morgan fingerprint density at radius 1 is 0.370 bits per heavy atom. The van der Waals surface area contributed by atoms with E-state index in [1.165, 1.54) is 34.1 Å². The van der Waals surface area contributed by atoms with Gasteiger partial charge < -0.3 is 79.5 Å². The number of benzene rings is 6. The lowest BCUT2D eigenvalue weighted by atomic mass is 9.85. The maximum absolute atomic E-state index is 13.7. The molecule has 6 aromatic carbocycles. The number of sulfonamides is 3. The molecule has 0 aliphatic carbocycles. The molecule has 0 saturated heterocycles. The van der Waals surface area contributed by atoms with Crippen LogP contribution in [0, 0.1) is 0 Å². The number of urea groups is 3. The Morgan fingerprint density at radius 3 is 0.992 bits per heavy atom. The van der Waals surface area contributed by atoms with Crippen LogP contribution in [-0.4, -0.2) is 308 Å². The van der Waals surface area contributed by atoms with Crippen molar-refractivity contribution in [1.29, 1.82) is 0 Å². The lowest BCUT2D eigenvalue weighted by Crippen LogP contribution is -2.41. The van der Waals surface area contributed by atoms with Gasteiger partial charge in [-0.05, 0) is 183 Å². The van der Waals surface area contributed by atoms with E-state index in [-0.39, 0.29) is 169 Å². The zero-order valence-corrected chi connectivity index (χ0v) is 75.6. The van der Waals surface area contributed by atoms with Crippen molar-refractivity contribution in [2.45, 2.75) is 71.3 Å². The van der Waals surface area contributed by atoms with Gasteiger partial charge in [0, 0.05) is 174 Å². The Labute approximate surface area is 732 Å². The molecule has 3 heterocycles. The Bertz CT molecular complexity index is 4500. The molecule has 0 saturated carbocycles. The molecule has 3 aliphatic rings. The SMILES string of the molecule is CN1Cc2c(Cl)cc(Cl)cc2[C@H](c2cccc(S(=O)(=O)N(C)CCOCCOCCNC(=O)NCCCN(CCCNC(=O)NCCOCCOCCN(C)S(=O)(=O)c3cccc([C@@H]4CN(C)Cc5c(Cl)cc(Cl)cc54)c3)CCCN(C)C(=O)NCCOCCOCCN(C)S(=O)(=O)c3cccc([C@@H]4CN(C)Cc5c(Cl)cc(Cl)cc54)c3)c2)C1. The van der Waals surface area contributed by atoms with Crippen LogP contribution in [0.5, 0.6) is 0 Å². The van der Waals surface area contributed by atoms with Crippen LogP contribution >= 0.6 is 69.6 Å². The summed E-state index contributed by atoms with van der Waals surface area (Å²) in [5.74, 6) is -0.372. The molecule has 656 valence electrons. The van der Waals surface area contributed by atoms with E-state index in [4.69, 9.17) is 98.0 Å². The molecule has 6 amide bonds. The third kappa shape index (κ3) is 29.2. The summed E-state index contributed by atoms with van der Waals surface area (Å²) in [7, 11) is 0.726. The molecule has 37 heteroatoms. The number of hydrogen-bond donors (Lipinski definition) is 5. The molecule has 28 nitrogen and oxygen atoms in total. The normalized spacial score (nSPS) is 16.1. The highest BCUT2D eigenvalue weighted by Crippen LogP contribution is 2.43. The number of nitrogens with zero attached hydrogens (tertiary/aromatic N) is 8. The molecule has 0 aromatic heterocycles. The van der Waals surface area contributed by atoms with E-state index in [0.29, 0.717) is 128 Å². The van der Waals surface area contributed by atoms with E-state index in [9.17, 15) is 39.6 Å².